The maximum atomic E-state index is 12.9. The van der Waals surface area contributed by atoms with Crippen LogP contribution in [0.5, 0.6) is 0 Å². The number of halogens is 2. The molecule has 108 valence electrons. The molecule has 0 saturated carbocycles. The summed E-state index contributed by atoms with van der Waals surface area (Å²) in [5, 5.41) is 0.601. The average Bonchev–Trinajstić information content (AvgIpc) is 2.47. The first kappa shape index (κ1) is 15.2. The Hall–Kier alpha value is -2.17. The molecule has 3 N–H and O–H groups in total. The number of aromatic amines is 1. The summed E-state index contributed by atoms with van der Waals surface area (Å²) in [6.45, 7) is 0.297. The molecule has 0 radical (unpaired) electrons. The topological polar surface area (TPSA) is 58.9 Å². The number of fused-ring (bicyclic) bond motifs is 1. The van der Waals surface area contributed by atoms with Crippen molar-refractivity contribution in [3.05, 3.63) is 70.3 Å². The smallest absolute Gasteiger partial charge is 0.189 e. The molecule has 0 bridgehead atoms. The molecule has 0 atom stereocenters. The van der Waals surface area contributed by atoms with E-state index in [0.29, 0.717) is 17.6 Å². The van der Waals surface area contributed by atoms with Crippen LogP contribution < -0.4 is 11.2 Å². The molecule has 0 saturated heterocycles. The van der Waals surface area contributed by atoms with Crippen molar-refractivity contribution in [2.75, 3.05) is 0 Å². The summed E-state index contributed by atoms with van der Waals surface area (Å²) < 4.78 is 12.9. The molecule has 21 heavy (non-hydrogen) atoms. The lowest BCUT2D eigenvalue weighted by molar-refractivity contribution is 0.628. The summed E-state index contributed by atoms with van der Waals surface area (Å²) >= 11 is 0. The molecule has 1 aromatic heterocycles. The van der Waals surface area contributed by atoms with Gasteiger partial charge >= 0.3 is 0 Å². The van der Waals surface area contributed by atoms with Gasteiger partial charge in [0.1, 0.15) is 5.82 Å². The molecule has 0 aliphatic carbocycles. The van der Waals surface area contributed by atoms with Crippen LogP contribution in [0.2, 0.25) is 0 Å². The predicted octanol–water partition coefficient (Wildman–Crippen LogP) is 3.21. The maximum absolute atomic E-state index is 12.9. The second-order valence-electron chi connectivity index (χ2n) is 4.63. The average molecular weight is 305 g/mol. The van der Waals surface area contributed by atoms with Crippen LogP contribution in [0.1, 0.15) is 5.69 Å². The first-order valence-electron chi connectivity index (χ1n) is 6.29. The minimum atomic E-state index is -0.278. The van der Waals surface area contributed by atoms with Gasteiger partial charge in [-0.3, -0.25) is 4.79 Å². The number of pyridine rings is 1. The third-order valence-corrected chi connectivity index (χ3v) is 3.28. The van der Waals surface area contributed by atoms with Gasteiger partial charge in [-0.1, -0.05) is 18.2 Å². The van der Waals surface area contributed by atoms with E-state index in [0.717, 1.165) is 16.6 Å². The molecule has 0 spiro atoms. The SMILES string of the molecule is Cl.NCc1cc(=O)c2cc(-c3ccc(F)cc3)ccc2[nH]1. The lowest BCUT2D eigenvalue weighted by Crippen LogP contribution is -2.08. The quantitative estimate of drug-likeness (QED) is 0.764. The summed E-state index contributed by atoms with van der Waals surface area (Å²) in [7, 11) is 0. The molecule has 0 aliphatic rings. The maximum Gasteiger partial charge on any atom is 0.189 e. The largest absolute Gasteiger partial charge is 0.357 e. The standard InChI is InChI=1S/C16H13FN2O.ClH/c17-12-4-1-10(2-5-12)11-3-6-15-14(7-11)16(20)8-13(9-18)19-15;/h1-8H,9,18H2,(H,19,20);1H. The van der Waals surface area contributed by atoms with E-state index in [1.165, 1.54) is 18.2 Å². The second kappa shape index (κ2) is 6.08. The van der Waals surface area contributed by atoms with E-state index in [4.69, 9.17) is 5.73 Å². The van der Waals surface area contributed by atoms with Crippen LogP contribution in [0.4, 0.5) is 4.39 Å². The first-order valence-corrected chi connectivity index (χ1v) is 6.29. The zero-order valence-corrected chi connectivity index (χ0v) is 11.9. The number of hydrogen-bond donors (Lipinski definition) is 2. The lowest BCUT2D eigenvalue weighted by atomic mass is 10.0. The van der Waals surface area contributed by atoms with Crippen LogP contribution >= 0.6 is 12.4 Å². The van der Waals surface area contributed by atoms with Crippen LogP contribution in [0.3, 0.4) is 0 Å². The molecule has 0 fully saturated rings. The molecule has 2 aromatic carbocycles. The Kier molecular flexibility index (Phi) is 4.40. The lowest BCUT2D eigenvalue weighted by Gasteiger charge is -2.05. The van der Waals surface area contributed by atoms with Crippen molar-refractivity contribution in [2.45, 2.75) is 6.54 Å². The van der Waals surface area contributed by atoms with Gasteiger partial charge in [0.2, 0.25) is 0 Å². The summed E-state index contributed by atoms with van der Waals surface area (Å²) in [6, 6.07) is 13.2. The Morgan fingerprint density at radius 2 is 1.67 bits per heavy atom. The molecular weight excluding hydrogens is 291 g/mol. The third-order valence-electron chi connectivity index (χ3n) is 3.28. The van der Waals surface area contributed by atoms with Crippen molar-refractivity contribution in [1.82, 2.24) is 4.98 Å². The molecule has 5 heteroatoms. The van der Waals surface area contributed by atoms with Gasteiger partial charge in [-0.15, -0.1) is 12.4 Å². The number of aromatic nitrogens is 1. The van der Waals surface area contributed by atoms with Crippen molar-refractivity contribution >= 4 is 23.3 Å². The fraction of sp³-hybridized carbons (Fsp3) is 0.0625. The number of benzene rings is 2. The molecule has 1 heterocycles. The highest BCUT2D eigenvalue weighted by molar-refractivity contribution is 5.85. The second-order valence-corrected chi connectivity index (χ2v) is 4.63. The first-order chi connectivity index (χ1) is 9.67. The van der Waals surface area contributed by atoms with Crippen LogP contribution in [0, 0.1) is 5.82 Å². The van der Waals surface area contributed by atoms with Crippen molar-refractivity contribution in [1.29, 1.82) is 0 Å². The number of H-pyrrole nitrogens is 1. The Bertz CT molecular complexity index is 828. The van der Waals surface area contributed by atoms with E-state index >= 15 is 0 Å². The van der Waals surface area contributed by atoms with Gasteiger partial charge in [0, 0.05) is 29.2 Å². The number of nitrogens with two attached hydrogens (primary N) is 1. The Labute approximate surface area is 127 Å². The molecule has 3 rings (SSSR count). The van der Waals surface area contributed by atoms with E-state index in [-0.39, 0.29) is 23.7 Å². The normalized spacial score (nSPS) is 10.4. The van der Waals surface area contributed by atoms with Gasteiger partial charge in [0.05, 0.1) is 0 Å². The van der Waals surface area contributed by atoms with Crippen molar-refractivity contribution in [3.8, 4) is 11.1 Å². The van der Waals surface area contributed by atoms with Crippen molar-refractivity contribution < 1.29 is 4.39 Å². The minimum absolute atomic E-state index is 0. The fourth-order valence-electron chi connectivity index (χ4n) is 2.23. The van der Waals surface area contributed by atoms with Crippen molar-refractivity contribution in [2.24, 2.45) is 5.73 Å². The van der Waals surface area contributed by atoms with Gasteiger partial charge in [-0.2, -0.15) is 0 Å². The zero-order chi connectivity index (χ0) is 14.1. The van der Waals surface area contributed by atoms with Gasteiger partial charge in [0.25, 0.3) is 0 Å². The van der Waals surface area contributed by atoms with Gasteiger partial charge in [-0.25, -0.2) is 4.39 Å². The highest BCUT2D eigenvalue weighted by atomic mass is 35.5. The number of rotatable bonds is 2. The molecule has 3 nitrogen and oxygen atoms in total. The summed E-state index contributed by atoms with van der Waals surface area (Å²) in [6.07, 6.45) is 0. The molecule has 0 aliphatic heterocycles. The monoisotopic (exact) mass is 304 g/mol. The van der Waals surface area contributed by atoms with E-state index in [2.05, 4.69) is 4.98 Å². The molecular formula is C16H14ClFN2O. The van der Waals surface area contributed by atoms with Crippen LogP contribution in [0.15, 0.2) is 53.3 Å². The van der Waals surface area contributed by atoms with Gasteiger partial charge < -0.3 is 10.7 Å². The number of nitrogens with one attached hydrogen (secondary N) is 1. The van der Waals surface area contributed by atoms with Crippen LogP contribution in [-0.2, 0) is 6.54 Å². The fourth-order valence-corrected chi connectivity index (χ4v) is 2.23. The van der Waals surface area contributed by atoms with Gasteiger partial charge in [0.15, 0.2) is 5.43 Å². The Balaban J connectivity index is 0.00000161. The highest BCUT2D eigenvalue weighted by Gasteiger charge is 2.04. The van der Waals surface area contributed by atoms with E-state index in [1.807, 2.05) is 18.2 Å². The van der Waals surface area contributed by atoms with Crippen molar-refractivity contribution in [3.63, 3.8) is 0 Å². The van der Waals surface area contributed by atoms with E-state index in [9.17, 15) is 9.18 Å². The Morgan fingerprint density at radius 3 is 2.33 bits per heavy atom. The zero-order valence-electron chi connectivity index (χ0n) is 11.1. The van der Waals surface area contributed by atoms with Gasteiger partial charge in [-0.05, 0) is 35.4 Å². The highest BCUT2D eigenvalue weighted by Crippen LogP contribution is 2.22. The summed E-state index contributed by atoms with van der Waals surface area (Å²) in [4.78, 5) is 15.2. The molecule has 0 amide bonds. The van der Waals surface area contributed by atoms with E-state index < -0.39 is 0 Å². The predicted molar refractivity (Wildman–Crippen MR) is 85.1 cm³/mol. The number of hydrogen-bond acceptors (Lipinski definition) is 2. The Morgan fingerprint density at radius 1 is 1.00 bits per heavy atom. The van der Waals surface area contributed by atoms with Crippen LogP contribution in [-0.4, -0.2) is 4.98 Å². The van der Waals surface area contributed by atoms with Crippen LogP contribution in [0.25, 0.3) is 22.0 Å². The minimum Gasteiger partial charge on any atom is -0.357 e. The summed E-state index contributed by atoms with van der Waals surface area (Å²) in [5.74, 6) is -0.278. The van der Waals surface area contributed by atoms with E-state index in [1.54, 1.807) is 12.1 Å². The third kappa shape index (κ3) is 2.96. The molecule has 3 aromatic rings. The summed E-state index contributed by atoms with van der Waals surface area (Å²) in [5.41, 5.74) is 8.68. The molecule has 0 unspecified atom stereocenters.